The Morgan fingerprint density at radius 2 is 1.38 bits per heavy atom. The SMILES string of the molecule is Nc1ccc(C#CC#Cc2ccc(C(=O)N[C@@H](Cc3ccc(O)cc3)C(=O)O)cc2)cc1. The Balaban J connectivity index is 1.62. The highest BCUT2D eigenvalue weighted by atomic mass is 16.4. The zero-order valence-electron chi connectivity index (χ0n) is 17.0. The van der Waals surface area contributed by atoms with Crippen LogP contribution in [0.4, 0.5) is 5.69 Å². The summed E-state index contributed by atoms with van der Waals surface area (Å²) in [6.45, 7) is 0. The number of phenols is 1. The van der Waals surface area contributed by atoms with E-state index in [9.17, 15) is 19.8 Å². The average Bonchev–Trinajstić information content (AvgIpc) is 2.79. The summed E-state index contributed by atoms with van der Waals surface area (Å²) in [6, 6.07) is 18.7. The number of hydrogen-bond donors (Lipinski definition) is 4. The molecule has 5 N–H and O–H groups in total. The molecular formula is C26H20N2O4. The largest absolute Gasteiger partial charge is 0.508 e. The summed E-state index contributed by atoms with van der Waals surface area (Å²) in [4.78, 5) is 24.0. The van der Waals surface area contributed by atoms with Gasteiger partial charge >= 0.3 is 5.97 Å². The smallest absolute Gasteiger partial charge is 0.326 e. The van der Waals surface area contributed by atoms with Gasteiger partial charge in [-0.25, -0.2) is 4.79 Å². The van der Waals surface area contributed by atoms with E-state index in [-0.39, 0.29) is 12.2 Å². The van der Waals surface area contributed by atoms with Gasteiger partial charge in [-0.15, -0.1) is 0 Å². The molecule has 6 nitrogen and oxygen atoms in total. The summed E-state index contributed by atoms with van der Waals surface area (Å²) in [6.07, 6.45) is 0.0948. The molecule has 3 aromatic carbocycles. The normalized spacial score (nSPS) is 10.6. The number of hydrogen-bond acceptors (Lipinski definition) is 4. The van der Waals surface area contributed by atoms with Crippen LogP contribution in [0.15, 0.2) is 72.8 Å². The van der Waals surface area contributed by atoms with E-state index in [1.807, 2.05) is 12.1 Å². The summed E-state index contributed by atoms with van der Waals surface area (Å²) >= 11 is 0. The predicted molar refractivity (Wildman–Crippen MR) is 122 cm³/mol. The van der Waals surface area contributed by atoms with Gasteiger partial charge < -0.3 is 21.3 Å². The number of amides is 1. The van der Waals surface area contributed by atoms with Crippen molar-refractivity contribution in [3.63, 3.8) is 0 Å². The molecule has 0 radical (unpaired) electrons. The van der Waals surface area contributed by atoms with E-state index in [1.165, 1.54) is 12.1 Å². The van der Waals surface area contributed by atoms with Gasteiger partial charge in [0, 0.05) is 28.8 Å². The molecule has 3 aromatic rings. The molecule has 0 aromatic heterocycles. The number of aliphatic carboxylic acids is 1. The Labute approximate surface area is 185 Å². The first-order valence-corrected chi connectivity index (χ1v) is 9.70. The number of nitrogen functional groups attached to an aromatic ring is 1. The highest BCUT2D eigenvalue weighted by molar-refractivity contribution is 5.96. The Morgan fingerprint density at radius 3 is 1.91 bits per heavy atom. The van der Waals surface area contributed by atoms with Gasteiger partial charge in [-0.05, 0) is 78.1 Å². The maximum Gasteiger partial charge on any atom is 0.326 e. The maximum absolute atomic E-state index is 12.5. The van der Waals surface area contributed by atoms with Crippen LogP contribution in [-0.4, -0.2) is 28.1 Å². The van der Waals surface area contributed by atoms with Gasteiger partial charge in [0.2, 0.25) is 0 Å². The van der Waals surface area contributed by atoms with Gasteiger partial charge in [0.25, 0.3) is 5.91 Å². The van der Waals surface area contributed by atoms with Gasteiger partial charge in [0.15, 0.2) is 0 Å². The Bertz CT molecular complexity index is 1220. The highest BCUT2D eigenvalue weighted by Gasteiger charge is 2.21. The van der Waals surface area contributed by atoms with E-state index in [2.05, 4.69) is 29.0 Å². The molecule has 0 unspecified atom stereocenters. The molecule has 0 saturated heterocycles. The van der Waals surface area contributed by atoms with Gasteiger partial charge in [0.05, 0.1) is 0 Å². The minimum atomic E-state index is -1.14. The second-order valence-corrected chi connectivity index (χ2v) is 6.93. The molecular weight excluding hydrogens is 404 g/mol. The molecule has 0 aliphatic carbocycles. The fourth-order valence-corrected chi connectivity index (χ4v) is 2.79. The molecule has 3 rings (SSSR count). The number of carbonyl (C=O) groups excluding carboxylic acids is 1. The van der Waals surface area contributed by atoms with Crippen LogP contribution in [-0.2, 0) is 11.2 Å². The van der Waals surface area contributed by atoms with Crippen LogP contribution < -0.4 is 11.1 Å². The van der Waals surface area contributed by atoms with E-state index in [0.717, 1.165) is 5.56 Å². The number of nitrogens with two attached hydrogens (primary N) is 1. The fraction of sp³-hybridized carbons (Fsp3) is 0.0769. The molecule has 0 aliphatic heterocycles. The molecule has 1 atom stereocenters. The molecule has 0 saturated carbocycles. The van der Waals surface area contributed by atoms with Crippen molar-refractivity contribution in [1.82, 2.24) is 5.32 Å². The second kappa shape index (κ2) is 10.4. The zero-order valence-corrected chi connectivity index (χ0v) is 17.0. The summed E-state index contributed by atoms with van der Waals surface area (Å²) in [5.41, 5.74) is 8.78. The van der Waals surface area contributed by atoms with Crippen LogP contribution in [0.2, 0.25) is 0 Å². The zero-order chi connectivity index (χ0) is 22.9. The third-order valence-corrected chi connectivity index (χ3v) is 4.51. The molecule has 0 spiro atoms. The quantitative estimate of drug-likeness (QED) is 0.372. The van der Waals surface area contributed by atoms with Crippen molar-refractivity contribution >= 4 is 17.6 Å². The van der Waals surface area contributed by atoms with E-state index < -0.39 is 17.9 Å². The third kappa shape index (κ3) is 6.41. The van der Waals surface area contributed by atoms with E-state index in [1.54, 1.807) is 48.5 Å². The fourth-order valence-electron chi connectivity index (χ4n) is 2.79. The molecule has 32 heavy (non-hydrogen) atoms. The van der Waals surface area contributed by atoms with Gasteiger partial charge in [-0.3, -0.25) is 4.79 Å². The Morgan fingerprint density at radius 1 is 0.844 bits per heavy atom. The minimum Gasteiger partial charge on any atom is -0.508 e. The van der Waals surface area contributed by atoms with Crippen LogP contribution in [0.3, 0.4) is 0 Å². The van der Waals surface area contributed by atoms with Crippen molar-refractivity contribution in [2.45, 2.75) is 12.5 Å². The summed E-state index contributed by atoms with van der Waals surface area (Å²) in [5, 5.41) is 21.3. The number of nitrogens with one attached hydrogen (secondary N) is 1. The molecule has 6 heteroatoms. The number of aromatic hydroxyl groups is 1. The number of anilines is 1. The summed E-state index contributed by atoms with van der Waals surface area (Å²) in [5.74, 6) is 9.76. The van der Waals surface area contributed by atoms with Crippen LogP contribution in [0.5, 0.6) is 5.75 Å². The number of carbonyl (C=O) groups is 2. The van der Waals surface area contributed by atoms with Crippen molar-refractivity contribution in [3.8, 4) is 29.4 Å². The van der Waals surface area contributed by atoms with Crippen LogP contribution in [0.25, 0.3) is 0 Å². The third-order valence-electron chi connectivity index (χ3n) is 4.51. The monoisotopic (exact) mass is 424 g/mol. The summed E-state index contributed by atoms with van der Waals surface area (Å²) < 4.78 is 0. The number of phenolic OH excluding ortho intramolecular Hbond substituents is 1. The minimum absolute atomic E-state index is 0.0871. The van der Waals surface area contributed by atoms with E-state index in [4.69, 9.17) is 5.73 Å². The van der Waals surface area contributed by atoms with Crippen molar-refractivity contribution in [2.75, 3.05) is 5.73 Å². The number of carboxylic acid groups (broad SMARTS) is 1. The second-order valence-electron chi connectivity index (χ2n) is 6.93. The van der Waals surface area contributed by atoms with E-state index >= 15 is 0 Å². The first kappa shape index (κ1) is 22.0. The highest BCUT2D eigenvalue weighted by Crippen LogP contribution is 2.12. The lowest BCUT2D eigenvalue weighted by Crippen LogP contribution is -2.42. The molecule has 0 bridgehead atoms. The number of benzene rings is 3. The van der Waals surface area contributed by atoms with Gasteiger partial charge in [-0.1, -0.05) is 24.0 Å². The molecule has 1 amide bonds. The van der Waals surface area contributed by atoms with E-state index in [0.29, 0.717) is 22.4 Å². The maximum atomic E-state index is 12.5. The van der Waals surface area contributed by atoms with Crippen molar-refractivity contribution in [1.29, 1.82) is 0 Å². The Hall–Kier alpha value is -4.68. The topological polar surface area (TPSA) is 113 Å². The molecule has 0 heterocycles. The number of carboxylic acids is 1. The number of rotatable bonds is 5. The molecule has 158 valence electrons. The first-order chi connectivity index (χ1) is 15.4. The Kier molecular flexibility index (Phi) is 7.14. The molecule has 0 aliphatic rings. The van der Waals surface area contributed by atoms with Crippen LogP contribution >= 0.6 is 0 Å². The first-order valence-electron chi connectivity index (χ1n) is 9.70. The van der Waals surface area contributed by atoms with Crippen molar-refractivity contribution in [3.05, 3.63) is 95.1 Å². The average molecular weight is 424 g/mol. The summed E-state index contributed by atoms with van der Waals surface area (Å²) in [7, 11) is 0. The van der Waals surface area contributed by atoms with Crippen molar-refractivity contribution < 1.29 is 19.8 Å². The predicted octanol–water partition coefficient (Wildman–Crippen LogP) is 2.80. The lowest BCUT2D eigenvalue weighted by Gasteiger charge is -2.15. The lowest BCUT2D eigenvalue weighted by molar-refractivity contribution is -0.139. The van der Waals surface area contributed by atoms with Crippen molar-refractivity contribution in [2.24, 2.45) is 0 Å². The molecule has 0 fully saturated rings. The van der Waals surface area contributed by atoms with Gasteiger partial charge in [0.1, 0.15) is 11.8 Å². The van der Waals surface area contributed by atoms with Crippen LogP contribution in [0, 0.1) is 23.7 Å². The van der Waals surface area contributed by atoms with Gasteiger partial charge in [-0.2, -0.15) is 0 Å². The van der Waals surface area contributed by atoms with Crippen LogP contribution in [0.1, 0.15) is 27.0 Å². The standard InChI is InChI=1S/C26H20N2O4/c27-22-13-7-19(8-14-22)4-2-1-3-18-5-11-21(12-6-18)25(30)28-24(26(31)32)17-20-9-15-23(29)16-10-20/h5-16,24,29H,17,27H2,(H,28,30)(H,31,32)/t24-/m0/s1. The lowest BCUT2D eigenvalue weighted by atomic mass is 10.0.